The van der Waals surface area contributed by atoms with Crippen LogP contribution < -0.4 is 5.73 Å². The lowest BCUT2D eigenvalue weighted by Gasteiger charge is -2.49. The van der Waals surface area contributed by atoms with Crippen molar-refractivity contribution >= 4 is 0 Å². The molecule has 1 aliphatic carbocycles. The zero-order valence-corrected chi connectivity index (χ0v) is 11.3. The number of rotatable bonds is 4. The van der Waals surface area contributed by atoms with Gasteiger partial charge in [0.25, 0.3) is 0 Å². The maximum absolute atomic E-state index is 6.24. The van der Waals surface area contributed by atoms with E-state index in [9.17, 15) is 0 Å². The highest BCUT2D eigenvalue weighted by Gasteiger charge is 2.44. The second-order valence-electron chi connectivity index (χ2n) is 5.85. The van der Waals surface area contributed by atoms with E-state index in [1.165, 1.54) is 0 Å². The van der Waals surface area contributed by atoms with Crippen LogP contribution in [0.25, 0.3) is 0 Å². The quantitative estimate of drug-likeness (QED) is 0.594. The summed E-state index contributed by atoms with van der Waals surface area (Å²) in [5.41, 5.74) is 6.59. The van der Waals surface area contributed by atoms with Crippen molar-refractivity contribution in [2.75, 3.05) is 20.5 Å². The monoisotopic (exact) mass is 229 g/mol. The van der Waals surface area contributed by atoms with Crippen molar-refractivity contribution in [2.45, 2.75) is 40.2 Å². The Morgan fingerprint density at radius 2 is 1.94 bits per heavy atom. The predicted molar refractivity (Wildman–Crippen MR) is 66.0 cm³/mol. The zero-order valence-electron chi connectivity index (χ0n) is 11.3. The fourth-order valence-corrected chi connectivity index (χ4v) is 2.79. The van der Waals surface area contributed by atoms with Gasteiger partial charge in [0.2, 0.25) is 0 Å². The molecule has 16 heavy (non-hydrogen) atoms. The Hall–Kier alpha value is -0.120. The summed E-state index contributed by atoms with van der Waals surface area (Å²) in [6.45, 7) is 10.4. The topological polar surface area (TPSA) is 44.5 Å². The molecular weight excluding hydrogens is 202 g/mol. The average Bonchev–Trinajstić information content (AvgIpc) is 2.21. The van der Waals surface area contributed by atoms with Crippen LogP contribution in [0, 0.1) is 23.2 Å². The lowest BCUT2D eigenvalue weighted by atomic mass is 9.58. The highest BCUT2D eigenvalue weighted by Crippen LogP contribution is 2.46. The highest BCUT2D eigenvalue weighted by molar-refractivity contribution is 4.95. The summed E-state index contributed by atoms with van der Waals surface area (Å²) in [5, 5.41) is 0. The van der Waals surface area contributed by atoms with E-state index >= 15 is 0 Å². The van der Waals surface area contributed by atoms with Crippen LogP contribution in [0.1, 0.15) is 34.1 Å². The van der Waals surface area contributed by atoms with E-state index in [1.807, 2.05) is 0 Å². The molecule has 4 atom stereocenters. The summed E-state index contributed by atoms with van der Waals surface area (Å²) in [6, 6.07) is 0.259. The van der Waals surface area contributed by atoms with Crippen molar-refractivity contribution in [1.82, 2.24) is 0 Å². The van der Waals surface area contributed by atoms with Crippen LogP contribution in [-0.2, 0) is 9.47 Å². The first kappa shape index (κ1) is 13.9. The fraction of sp³-hybridized carbons (Fsp3) is 1.00. The third-order valence-electron chi connectivity index (χ3n) is 4.77. The minimum Gasteiger partial charge on any atom is -0.359 e. The van der Waals surface area contributed by atoms with Gasteiger partial charge in [0, 0.05) is 19.1 Å². The maximum atomic E-state index is 6.24. The minimum atomic E-state index is 0.259. The fourth-order valence-electron chi connectivity index (χ4n) is 2.79. The SMILES string of the molecule is COCOC[C@H]1[C@H](N)C[C@H](C)C(C)(C)[C@@H]1C. The Morgan fingerprint density at radius 3 is 2.50 bits per heavy atom. The number of hydrogen-bond donors (Lipinski definition) is 1. The molecule has 0 amide bonds. The van der Waals surface area contributed by atoms with Crippen molar-refractivity contribution < 1.29 is 9.47 Å². The third-order valence-corrected chi connectivity index (χ3v) is 4.77. The summed E-state index contributed by atoms with van der Waals surface area (Å²) in [7, 11) is 1.65. The third kappa shape index (κ3) is 2.76. The van der Waals surface area contributed by atoms with E-state index in [2.05, 4.69) is 27.7 Å². The Balaban J connectivity index is 2.61. The standard InChI is InChI=1S/C13H27NO2/c1-9-6-12(14)11(7-16-8-15-5)10(2)13(9,3)4/h9-12H,6-8,14H2,1-5H3/t9-,10+,11+,12+/m0/s1. The van der Waals surface area contributed by atoms with E-state index in [1.54, 1.807) is 7.11 Å². The molecule has 1 fully saturated rings. The Labute approximate surface area is 99.7 Å². The summed E-state index contributed by atoms with van der Waals surface area (Å²) in [4.78, 5) is 0. The first-order valence-corrected chi connectivity index (χ1v) is 6.23. The maximum Gasteiger partial charge on any atom is 0.146 e. The molecule has 3 heteroatoms. The second-order valence-corrected chi connectivity index (χ2v) is 5.85. The summed E-state index contributed by atoms with van der Waals surface area (Å²) in [5.74, 6) is 1.71. The van der Waals surface area contributed by atoms with Crippen LogP contribution in [0.2, 0.25) is 0 Å². The van der Waals surface area contributed by atoms with Crippen LogP contribution in [0.15, 0.2) is 0 Å². The Bertz CT molecular complexity index is 218. The van der Waals surface area contributed by atoms with Gasteiger partial charge in [-0.3, -0.25) is 0 Å². The van der Waals surface area contributed by atoms with Gasteiger partial charge in [-0.15, -0.1) is 0 Å². The van der Waals surface area contributed by atoms with Crippen molar-refractivity contribution in [2.24, 2.45) is 28.9 Å². The Morgan fingerprint density at radius 1 is 1.31 bits per heavy atom. The molecule has 0 bridgehead atoms. The van der Waals surface area contributed by atoms with Crippen LogP contribution in [0.4, 0.5) is 0 Å². The molecule has 1 saturated carbocycles. The summed E-state index contributed by atoms with van der Waals surface area (Å²) in [6.07, 6.45) is 1.10. The molecule has 1 rings (SSSR count). The van der Waals surface area contributed by atoms with Gasteiger partial charge in [-0.25, -0.2) is 0 Å². The lowest BCUT2D eigenvalue weighted by Crippen LogP contribution is -2.51. The minimum absolute atomic E-state index is 0.259. The zero-order chi connectivity index (χ0) is 12.3. The molecule has 0 aromatic heterocycles. The number of methoxy groups -OCH3 is 1. The average molecular weight is 229 g/mol. The van der Waals surface area contributed by atoms with Gasteiger partial charge >= 0.3 is 0 Å². The molecule has 96 valence electrons. The van der Waals surface area contributed by atoms with E-state index < -0.39 is 0 Å². The van der Waals surface area contributed by atoms with Crippen molar-refractivity contribution in [3.63, 3.8) is 0 Å². The van der Waals surface area contributed by atoms with Gasteiger partial charge in [0.15, 0.2) is 0 Å². The highest BCUT2D eigenvalue weighted by atomic mass is 16.7. The van der Waals surface area contributed by atoms with Crippen LogP contribution in [0.3, 0.4) is 0 Å². The molecule has 0 aromatic rings. The summed E-state index contributed by atoms with van der Waals surface area (Å²) < 4.78 is 10.4. The van der Waals surface area contributed by atoms with E-state index in [4.69, 9.17) is 15.2 Å². The van der Waals surface area contributed by atoms with Crippen LogP contribution in [0.5, 0.6) is 0 Å². The van der Waals surface area contributed by atoms with Gasteiger partial charge in [0.1, 0.15) is 6.79 Å². The van der Waals surface area contributed by atoms with E-state index in [0.29, 0.717) is 36.6 Å². The lowest BCUT2D eigenvalue weighted by molar-refractivity contribution is -0.0801. The largest absolute Gasteiger partial charge is 0.359 e. The first-order chi connectivity index (χ1) is 7.41. The number of hydrogen-bond acceptors (Lipinski definition) is 3. The van der Waals surface area contributed by atoms with Gasteiger partial charge < -0.3 is 15.2 Å². The first-order valence-electron chi connectivity index (χ1n) is 6.23. The van der Waals surface area contributed by atoms with Crippen molar-refractivity contribution in [3.05, 3.63) is 0 Å². The molecule has 0 aromatic carbocycles. The molecular formula is C13H27NO2. The molecule has 0 spiro atoms. The second kappa shape index (κ2) is 5.48. The molecule has 0 unspecified atom stereocenters. The van der Waals surface area contributed by atoms with Gasteiger partial charge in [-0.1, -0.05) is 27.7 Å². The summed E-state index contributed by atoms with van der Waals surface area (Å²) >= 11 is 0. The van der Waals surface area contributed by atoms with Gasteiger partial charge in [-0.2, -0.15) is 0 Å². The molecule has 0 heterocycles. The van der Waals surface area contributed by atoms with Gasteiger partial charge in [0.05, 0.1) is 6.61 Å². The number of nitrogens with two attached hydrogens (primary N) is 1. The van der Waals surface area contributed by atoms with Crippen LogP contribution >= 0.6 is 0 Å². The molecule has 0 aliphatic heterocycles. The molecule has 0 saturated heterocycles. The molecule has 2 N–H and O–H groups in total. The Kier molecular flexibility index (Phi) is 4.77. The molecule has 1 aliphatic rings. The van der Waals surface area contributed by atoms with Crippen molar-refractivity contribution in [1.29, 1.82) is 0 Å². The van der Waals surface area contributed by atoms with Gasteiger partial charge in [-0.05, 0) is 23.7 Å². The van der Waals surface area contributed by atoms with Crippen molar-refractivity contribution in [3.8, 4) is 0 Å². The normalized spacial score (nSPS) is 38.6. The smallest absolute Gasteiger partial charge is 0.146 e. The van der Waals surface area contributed by atoms with E-state index in [-0.39, 0.29) is 6.04 Å². The van der Waals surface area contributed by atoms with E-state index in [0.717, 1.165) is 6.42 Å². The molecule has 0 radical (unpaired) electrons. The predicted octanol–water partition coefficient (Wildman–Crippen LogP) is 2.25. The van der Waals surface area contributed by atoms with Crippen LogP contribution in [-0.4, -0.2) is 26.6 Å². The molecule has 3 nitrogen and oxygen atoms in total. The number of ether oxygens (including phenoxy) is 2.